The van der Waals surface area contributed by atoms with Gasteiger partial charge in [-0.15, -0.1) is 0 Å². The fourth-order valence-electron chi connectivity index (χ4n) is 5.04. The minimum Gasteiger partial charge on any atom is -0.465 e. The van der Waals surface area contributed by atoms with Crippen LogP contribution >= 0.6 is 0 Å². The monoisotopic (exact) mass is 646 g/mol. The van der Waals surface area contributed by atoms with Crippen LogP contribution < -0.4 is 9.80 Å². The number of alkyl halides is 6. The standard InChI is InChI=1S/C34H32F6N2O4/c1-3-45-31(43)21-41(19-23-9-13-25(14-10-23)33(35,36)37)29-17-18-30(28-8-6-5-7-27(28)29)42(22-32(44)46-4-2)20-24-11-15-26(16-12-24)34(38,39)40/h5-18H,3-4,19-22H2,1-2H3. The molecule has 0 bridgehead atoms. The Morgan fingerprint density at radius 1 is 0.565 bits per heavy atom. The summed E-state index contributed by atoms with van der Waals surface area (Å²) in [5, 5.41) is 1.33. The van der Waals surface area contributed by atoms with E-state index < -0.39 is 35.4 Å². The molecular weight excluding hydrogens is 614 g/mol. The lowest BCUT2D eigenvalue weighted by molar-refractivity contribution is -0.142. The van der Waals surface area contributed by atoms with Gasteiger partial charge in [-0.2, -0.15) is 26.3 Å². The van der Waals surface area contributed by atoms with Gasteiger partial charge in [0.2, 0.25) is 0 Å². The molecule has 0 amide bonds. The van der Waals surface area contributed by atoms with Crippen molar-refractivity contribution in [1.29, 1.82) is 0 Å². The predicted octanol–water partition coefficient (Wildman–Crippen LogP) is 8.02. The van der Waals surface area contributed by atoms with Gasteiger partial charge in [-0.3, -0.25) is 9.59 Å². The minimum atomic E-state index is -4.50. The maximum atomic E-state index is 13.2. The van der Waals surface area contributed by atoms with Crippen molar-refractivity contribution in [2.24, 2.45) is 0 Å². The number of nitrogens with zero attached hydrogens (tertiary/aromatic N) is 2. The third-order valence-electron chi connectivity index (χ3n) is 7.12. The van der Waals surface area contributed by atoms with Crippen molar-refractivity contribution in [3.63, 3.8) is 0 Å². The maximum Gasteiger partial charge on any atom is 0.416 e. The number of hydrogen-bond acceptors (Lipinski definition) is 6. The highest BCUT2D eigenvalue weighted by Crippen LogP contribution is 2.37. The van der Waals surface area contributed by atoms with Crippen LogP contribution in [0.4, 0.5) is 37.7 Å². The average Bonchev–Trinajstić information content (AvgIpc) is 3.00. The summed E-state index contributed by atoms with van der Waals surface area (Å²) in [4.78, 5) is 28.7. The molecule has 4 rings (SSSR count). The third kappa shape index (κ3) is 8.70. The summed E-state index contributed by atoms with van der Waals surface area (Å²) < 4.78 is 89.3. The van der Waals surface area contributed by atoms with Gasteiger partial charge >= 0.3 is 24.3 Å². The number of ether oxygens (including phenoxy) is 2. The van der Waals surface area contributed by atoms with Crippen LogP contribution in [-0.2, 0) is 44.5 Å². The van der Waals surface area contributed by atoms with Crippen LogP contribution in [0.1, 0.15) is 36.1 Å². The van der Waals surface area contributed by atoms with Gasteiger partial charge in [0.15, 0.2) is 0 Å². The lowest BCUT2D eigenvalue weighted by atomic mass is 10.0. The molecule has 6 nitrogen and oxygen atoms in total. The van der Waals surface area contributed by atoms with Crippen LogP contribution in [0.2, 0.25) is 0 Å². The van der Waals surface area contributed by atoms with Gasteiger partial charge in [0.25, 0.3) is 0 Å². The summed E-state index contributed by atoms with van der Waals surface area (Å²) in [6.07, 6.45) is -8.99. The molecule has 0 radical (unpaired) electrons. The van der Waals surface area contributed by atoms with E-state index in [9.17, 15) is 35.9 Å². The molecule has 0 saturated heterocycles. The molecule has 0 spiro atoms. The Bertz CT molecular complexity index is 1520. The second-order valence-corrected chi connectivity index (χ2v) is 10.4. The van der Waals surface area contributed by atoms with Crippen molar-refractivity contribution in [2.75, 3.05) is 36.1 Å². The highest BCUT2D eigenvalue weighted by atomic mass is 19.4. The van der Waals surface area contributed by atoms with E-state index in [1.807, 2.05) is 0 Å². The SMILES string of the molecule is CCOC(=O)CN(Cc1ccc(C(F)(F)F)cc1)c1ccc(N(CC(=O)OCC)Cc2ccc(C(F)(F)F)cc2)c2ccccc12. The van der Waals surface area contributed by atoms with Gasteiger partial charge in [-0.05, 0) is 61.4 Å². The molecule has 0 fully saturated rings. The van der Waals surface area contributed by atoms with Crippen LogP contribution in [0.3, 0.4) is 0 Å². The number of halogens is 6. The van der Waals surface area contributed by atoms with Crippen molar-refractivity contribution in [2.45, 2.75) is 39.3 Å². The van der Waals surface area contributed by atoms with E-state index in [1.165, 1.54) is 24.3 Å². The summed E-state index contributed by atoms with van der Waals surface area (Å²) in [7, 11) is 0. The van der Waals surface area contributed by atoms with Crippen LogP contribution in [-0.4, -0.2) is 38.2 Å². The largest absolute Gasteiger partial charge is 0.465 e. The quantitative estimate of drug-likeness (QED) is 0.115. The molecule has 0 atom stereocenters. The van der Waals surface area contributed by atoms with Gasteiger partial charge in [0, 0.05) is 35.2 Å². The molecule has 0 N–H and O–H groups in total. The Morgan fingerprint density at radius 3 is 1.22 bits per heavy atom. The molecular formula is C34H32F6N2O4. The predicted molar refractivity (Wildman–Crippen MR) is 162 cm³/mol. The molecule has 0 aliphatic rings. The number of anilines is 2. The van der Waals surface area contributed by atoms with Crippen molar-refractivity contribution in [3.05, 3.63) is 107 Å². The van der Waals surface area contributed by atoms with E-state index in [1.54, 1.807) is 60.0 Å². The lowest BCUT2D eigenvalue weighted by Gasteiger charge is -2.29. The van der Waals surface area contributed by atoms with Gasteiger partial charge < -0.3 is 19.3 Å². The fraction of sp³-hybridized carbons (Fsp3) is 0.294. The molecule has 0 unspecified atom stereocenters. The lowest BCUT2D eigenvalue weighted by Crippen LogP contribution is -2.32. The second kappa shape index (κ2) is 14.6. The van der Waals surface area contributed by atoms with Crippen molar-refractivity contribution in [1.82, 2.24) is 0 Å². The smallest absolute Gasteiger partial charge is 0.416 e. The number of benzene rings is 4. The first kappa shape index (κ1) is 34.1. The second-order valence-electron chi connectivity index (χ2n) is 10.4. The van der Waals surface area contributed by atoms with Gasteiger partial charge in [-0.25, -0.2) is 0 Å². The summed E-state index contributed by atoms with van der Waals surface area (Å²) in [5.74, 6) is -1.07. The van der Waals surface area contributed by atoms with E-state index in [-0.39, 0.29) is 39.4 Å². The molecule has 46 heavy (non-hydrogen) atoms. The molecule has 0 aliphatic carbocycles. The number of fused-ring (bicyclic) bond motifs is 1. The number of esters is 2. The Hall–Kier alpha value is -4.74. The van der Waals surface area contributed by atoms with Gasteiger partial charge in [-0.1, -0.05) is 48.5 Å². The zero-order chi connectivity index (χ0) is 33.5. The molecule has 4 aromatic carbocycles. The molecule has 0 heterocycles. The Morgan fingerprint density at radius 2 is 0.913 bits per heavy atom. The van der Waals surface area contributed by atoms with Crippen LogP contribution in [0.15, 0.2) is 84.9 Å². The van der Waals surface area contributed by atoms with E-state index in [4.69, 9.17) is 9.47 Å². The topological polar surface area (TPSA) is 59.1 Å². The first-order chi connectivity index (χ1) is 21.8. The first-order valence-electron chi connectivity index (χ1n) is 14.4. The molecule has 0 aromatic heterocycles. The molecule has 12 heteroatoms. The molecule has 0 saturated carbocycles. The number of carbonyl (C=O) groups excluding carboxylic acids is 2. The summed E-state index contributed by atoms with van der Waals surface area (Å²) in [6, 6.07) is 19.9. The Labute approximate surface area is 262 Å². The minimum absolute atomic E-state index is 0.0817. The van der Waals surface area contributed by atoms with Crippen LogP contribution in [0, 0.1) is 0 Å². The number of carbonyl (C=O) groups is 2. The average molecular weight is 647 g/mol. The summed E-state index contributed by atoms with van der Waals surface area (Å²) in [5.41, 5.74) is 0.625. The Balaban J connectivity index is 1.76. The normalized spacial score (nSPS) is 11.7. The zero-order valence-electron chi connectivity index (χ0n) is 25.1. The van der Waals surface area contributed by atoms with Crippen LogP contribution in [0.5, 0.6) is 0 Å². The highest BCUT2D eigenvalue weighted by molar-refractivity contribution is 6.03. The van der Waals surface area contributed by atoms with Crippen molar-refractivity contribution in [3.8, 4) is 0 Å². The highest BCUT2D eigenvalue weighted by Gasteiger charge is 2.31. The number of rotatable bonds is 12. The molecule has 244 valence electrons. The zero-order valence-corrected chi connectivity index (χ0v) is 25.1. The van der Waals surface area contributed by atoms with E-state index >= 15 is 0 Å². The van der Waals surface area contributed by atoms with Crippen molar-refractivity contribution >= 4 is 34.1 Å². The third-order valence-corrected chi connectivity index (χ3v) is 7.12. The van der Waals surface area contributed by atoms with Crippen molar-refractivity contribution < 1.29 is 45.4 Å². The number of hydrogen-bond donors (Lipinski definition) is 0. The van der Waals surface area contributed by atoms with E-state index in [0.717, 1.165) is 24.3 Å². The molecule has 4 aromatic rings. The van der Waals surface area contributed by atoms with Gasteiger partial charge in [0.1, 0.15) is 13.1 Å². The Kier molecular flexibility index (Phi) is 10.8. The summed E-state index contributed by atoms with van der Waals surface area (Å²) >= 11 is 0. The van der Waals surface area contributed by atoms with Crippen LogP contribution in [0.25, 0.3) is 10.8 Å². The first-order valence-corrected chi connectivity index (χ1v) is 14.4. The fourth-order valence-corrected chi connectivity index (χ4v) is 5.04. The molecule has 0 aliphatic heterocycles. The maximum absolute atomic E-state index is 13.2. The van der Waals surface area contributed by atoms with E-state index in [2.05, 4.69) is 0 Å². The van der Waals surface area contributed by atoms with E-state index in [0.29, 0.717) is 33.3 Å². The summed E-state index contributed by atoms with van der Waals surface area (Å²) in [6.45, 7) is 3.37. The van der Waals surface area contributed by atoms with Gasteiger partial charge in [0.05, 0.1) is 24.3 Å².